The van der Waals surface area contributed by atoms with Crippen molar-refractivity contribution < 1.29 is 18.3 Å². The molecule has 1 amide bonds. The van der Waals surface area contributed by atoms with E-state index in [0.29, 0.717) is 18.7 Å². The van der Waals surface area contributed by atoms with Crippen LogP contribution in [0.3, 0.4) is 0 Å². The van der Waals surface area contributed by atoms with E-state index in [0.717, 1.165) is 12.5 Å². The van der Waals surface area contributed by atoms with Crippen LogP contribution in [0.1, 0.15) is 38.8 Å². The minimum atomic E-state index is -0.595. The van der Waals surface area contributed by atoms with Gasteiger partial charge in [-0.2, -0.15) is 0 Å². The molecule has 1 aliphatic heterocycles. The van der Waals surface area contributed by atoms with E-state index in [1.54, 1.807) is 11.9 Å². The maximum absolute atomic E-state index is 13.5. The van der Waals surface area contributed by atoms with Gasteiger partial charge in [0.1, 0.15) is 17.2 Å². The molecule has 0 bridgehead atoms. The fourth-order valence-electron chi connectivity index (χ4n) is 2.98. The molecule has 0 aliphatic carbocycles. The van der Waals surface area contributed by atoms with Crippen molar-refractivity contribution in [3.8, 4) is 0 Å². The summed E-state index contributed by atoms with van der Waals surface area (Å²) in [5, 5.41) is 3.11. The van der Waals surface area contributed by atoms with Crippen LogP contribution in [0.15, 0.2) is 18.2 Å². The normalized spacial score (nSPS) is 19.7. The maximum Gasteiger partial charge on any atom is 0.410 e. The molecule has 2 unspecified atom stereocenters. The van der Waals surface area contributed by atoms with Gasteiger partial charge in [0.2, 0.25) is 0 Å². The molecule has 2 atom stereocenters. The number of rotatable bonds is 3. The van der Waals surface area contributed by atoms with Crippen molar-refractivity contribution in [2.75, 3.05) is 20.1 Å². The van der Waals surface area contributed by atoms with Crippen LogP contribution in [-0.2, 0) is 4.74 Å². The molecule has 128 valence electrons. The summed E-state index contributed by atoms with van der Waals surface area (Å²) in [7, 11) is 1.75. The number of ether oxygens (including phenoxy) is 1. The highest BCUT2D eigenvalue weighted by Gasteiger charge is 2.34. The zero-order valence-corrected chi connectivity index (χ0v) is 14.0. The van der Waals surface area contributed by atoms with Crippen molar-refractivity contribution in [1.82, 2.24) is 10.2 Å². The van der Waals surface area contributed by atoms with Crippen molar-refractivity contribution in [2.45, 2.75) is 38.8 Å². The van der Waals surface area contributed by atoms with Gasteiger partial charge in [-0.05, 0) is 57.9 Å². The van der Waals surface area contributed by atoms with E-state index in [2.05, 4.69) is 5.32 Å². The molecule has 1 heterocycles. The Morgan fingerprint density at radius 2 is 1.91 bits per heavy atom. The standard InChI is InChI=1S/C17H24F2N2O2/c1-17(2,3)23-16(22)21-6-5-11(10-21)15(20-4)12-7-13(18)9-14(19)8-12/h7-9,11,15,20H,5-6,10H2,1-4H3. The summed E-state index contributed by atoms with van der Waals surface area (Å²) in [5.74, 6) is -1.11. The van der Waals surface area contributed by atoms with Gasteiger partial charge >= 0.3 is 6.09 Å². The number of halogens is 2. The molecule has 4 nitrogen and oxygen atoms in total. The van der Waals surface area contributed by atoms with Crippen LogP contribution in [0.4, 0.5) is 13.6 Å². The molecular formula is C17H24F2N2O2. The van der Waals surface area contributed by atoms with E-state index in [4.69, 9.17) is 4.74 Å². The summed E-state index contributed by atoms with van der Waals surface area (Å²) in [5.41, 5.74) is 0.0181. The molecular weight excluding hydrogens is 302 g/mol. The molecule has 0 saturated carbocycles. The van der Waals surface area contributed by atoms with E-state index < -0.39 is 17.2 Å². The van der Waals surface area contributed by atoms with Crippen molar-refractivity contribution in [3.05, 3.63) is 35.4 Å². The third-order valence-electron chi connectivity index (χ3n) is 3.90. The molecule has 1 fully saturated rings. The summed E-state index contributed by atoms with van der Waals surface area (Å²) in [6.45, 7) is 6.55. The van der Waals surface area contributed by atoms with E-state index in [1.165, 1.54) is 12.1 Å². The Kier molecular flexibility index (Phi) is 5.24. The SMILES string of the molecule is CNC(c1cc(F)cc(F)c1)C1CCN(C(=O)OC(C)(C)C)C1. The second-order valence-corrected chi connectivity index (χ2v) is 6.94. The van der Waals surface area contributed by atoms with Gasteiger partial charge in [0.25, 0.3) is 0 Å². The smallest absolute Gasteiger partial charge is 0.410 e. The van der Waals surface area contributed by atoms with Gasteiger partial charge in [-0.1, -0.05) is 0 Å². The highest BCUT2D eigenvalue weighted by Crippen LogP contribution is 2.31. The first-order valence-electron chi connectivity index (χ1n) is 7.81. The summed E-state index contributed by atoms with van der Waals surface area (Å²) < 4.78 is 32.3. The average molecular weight is 326 g/mol. The Labute approximate surface area is 135 Å². The number of amides is 1. The lowest BCUT2D eigenvalue weighted by molar-refractivity contribution is 0.0285. The van der Waals surface area contributed by atoms with Crippen LogP contribution in [0.5, 0.6) is 0 Å². The molecule has 1 aliphatic rings. The van der Waals surface area contributed by atoms with E-state index in [9.17, 15) is 13.6 Å². The molecule has 1 N–H and O–H groups in total. The van der Waals surface area contributed by atoms with Crippen LogP contribution in [0.2, 0.25) is 0 Å². The second-order valence-electron chi connectivity index (χ2n) is 6.94. The van der Waals surface area contributed by atoms with Crippen molar-refractivity contribution >= 4 is 6.09 Å². The average Bonchev–Trinajstić information content (AvgIpc) is 2.86. The number of nitrogens with zero attached hydrogens (tertiary/aromatic N) is 1. The first kappa shape index (κ1) is 17.7. The third-order valence-corrected chi connectivity index (χ3v) is 3.90. The molecule has 0 radical (unpaired) electrons. The minimum Gasteiger partial charge on any atom is -0.444 e. The second kappa shape index (κ2) is 6.83. The fourth-order valence-corrected chi connectivity index (χ4v) is 2.98. The number of carbonyl (C=O) groups is 1. The Morgan fingerprint density at radius 3 is 2.43 bits per heavy atom. The number of hydrogen-bond donors (Lipinski definition) is 1. The molecule has 1 aromatic rings. The summed E-state index contributed by atoms with van der Waals surface area (Å²) in [4.78, 5) is 13.8. The fraction of sp³-hybridized carbons (Fsp3) is 0.588. The zero-order valence-electron chi connectivity index (χ0n) is 14.0. The topological polar surface area (TPSA) is 41.6 Å². The van der Waals surface area contributed by atoms with Crippen molar-refractivity contribution in [3.63, 3.8) is 0 Å². The van der Waals surface area contributed by atoms with Gasteiger partial charge in [0.05, 0.1) is 0 Å². The van der Waals surface area contributed by atoms with Gasteiger partial charge in [-0.25, -0.2) is 13.6 Å². The first-order valence-corrected chi connectivity index (χ1v) is 7.81. The van der Waals surface area contributed by atoms with Crippen LogP contribution in [0, 0.1) is 17.6 Å². The highest BCUT2D eigenvalue weighted by molar-refractivity contribution is 5.68. The van der Waals surface area contributed by atoms with E-state index in [1.807, 2.05) is 20.8 Å². The Bertz CT molecular complexity index is 552. The van der Waals surface area contributed by atoms with Gasteiger partial charge in [-0.15, -0.1) is 0 Å². The molecule has 23 heavy (non-hydrogen) atoms. The number of carbonyl (C=O) groups excluding carboxylic acids is 1. The lowest BCUT2D eigenvalue weighted by atomic mass is 9.92. The summed E-state index contributed by atoms with van der Waals surface area (Å²) >= 11 is 0. The summed E-state index contributed by atoms with van der Waals surface area (Å²) in [6, 6.07) is 3.31. The third kappa shape index (κ3) is 4.64. The predicted molar refractivity (Wildman–Crippen MR) is 84.1 cm³/mol. The largest absolute Gasteiger partial charge is 0.444 e. The number of nitrogens with one attached hydrogen (secondary N) is 1. The number of hydrogen-bond acceptors (Lipinski definition) is 3. The Hall–Kier alpha value is -1.69. The van der Waals surface area contributed by atoms with Crippen molar-refractivity contribution in [1.29, 1.82) is 0 Å². The lowest BCUT2D eigenvalue weighted by Gasteiger charge is -2.26. The molecule has 1 aromatic carbocycles. The maximum atomic E-state index is 13.5. The van der Waals surface area contributed by atoms with E-state index in [-0.39, 0.29) is 18.1 Å². The number of benzene rings is 1. The first-order chi connectivity index (χ1) is 10.7. The molecule has 0 spiro atoms. The minimum absolute atomic E-state index is 0.0775. The molecule has 6 heteroatoms. The summed E-state index contributed by atoms with van der Waals surface area (Å²) in [6.07, 6.45) is 0.406. The number of likely N-dealkylation sites (tertiary alicyclic amines) is 1. The molecule has 0 aromatic heterocycles. The Morgan fingerprint density at radius 1 is 1.30 bits per heavy atom. The van der Waals surface area contributed by atoms with Gasteiger partial charge in [-0.3, -0.25) is 0 Å². The van der Waals surface area contributed by atoms with Gasteiger partial charge in [0.15, 0.2) is 0 Å². The quantitative estimate of drug-likeness (QED) is 0.924. The van der Waals surface area contributed by atoms with Crippen LogP contribution < -0.4 is 5.32 Å². The molecule has 1 saturated heterocycles. The zero-order chi connectivity index (χ0) is 17.2. The predicted octanol–water partition coefficient (Wildman–Crippen LogP) is 3.48. The van der Waals surface area contributed by atoms with Gasteiger partial charge < -0.3 is 15.0 Å². The van der Waals surface area contributed by atoms with Crippen molar-refractivity contribution in [2.24, 2.45) is 5.92 Å². The van der Waals surface area contributed by atoms with E-state index >= 15 is 0 Å². The monoisotopic (exact) mass is 326 g/mol. The molecule has 2 rings (SSSR count). The van der Waals surface area contributed by atoms with Crippen LogP contribution in [-0.4, -0.2) is 36.7 Å². The van der Waals surface area contributed by atoms with Crippen LogP contribution >= 0.6 is 0 Å². The Balaban J connectivity index is 2.08. The van der Waals surface area contributed by atoms with Gasteiger partial charge in [0, 0.05) is 25.2 Å². The lowest BCUT2D eigenvalue weighted by Crippen LogP contribution is -2.36. The highest BCUT2D eigenvalue weighted by atomic mass is 19.1. The van der Waals surface area contributed by atoms with Crippen LogP contribution in [0.25, 0.3) is 0 Å².